The number of hydrogen-bond acceptors (Lipinski definition) is 6. The molecule has 0 unspecified atom stereocenters. The van der Waals surface area contributed by atoms with Gasteiger partial charge in [0.15, 0.2) is 6.10 Å². The Morgan fingerprint density at radius 1 is 0.296 bits per heavy atom. The van der Waals surface area contributed by atoms with E-state index in [0.29, 0.717) is 19.3 Å². The summed E-state index contributed by atoms with van der Waals surface area (Å²) < 4.78 is 16.8. The van der Waals surface area contributed by atoms with Gasteiger partial charge in [0.2, 0.25) is 0 Å². The highest BCUT2D eigenvalue weighted by Crippen LogP contribution is 2.15. The lowest BCUT2D eigenvalue weighted by Crippen LogP contribution is -2.30. The Balaban J connectivity index is 4.52. The predicted octanol–water partition coefficient (Wildman–Crippen LogP) is 19.9. The van der Waals surface area contributed by atoms with Gasteiger partial charge in [-0.2, -0.15) is 0 Å². The summed E-state index contributed by atoms with van der Waals surface area (Å²) in [5, 5.41) is 0. The Morgan fingerprint density at radius 3 is 0.930 bits per heavy atom. The molecule has 71 heavy (non-hydrogen) atoms. The van der Waals surface area contributed by atoms with Crippen LogP contribution in [0, 0.1) is 0 Å². The summed E-state index contributed by atoms with van der Waals surface area (Å²) in [6.07, 6.45) is 79.4. The summed E-state index contributed by atoms with van der Waals surface area (Å²) in [5.41, 5.74) is 0. The first kappa shape index (κ1) is 67.1. The number of hydrogen-bond donors (Lipinski definition) is 0. The van der Waals surface area contributed by atoms with Crippen LogP contribution in [0.5, 0.6) is 0 Å². The molecule has 0 fully saturated rings. The van der Waals surface area contributed by atoms with Gasteiger partial charge < -0.3 is 14.2 Å². The molecule has 0 radical (unpaired) electrons. The van der Waals surface area contributed by atoms with Gasteiger partial charge in [0, 0.05) is 19.3 Å². The maximum atomic E-state index is 12.8. The first-order chi connectivity index (χ1) is 35.0. The molecular formula is C65H108O6. The molecule has 0 aromatic rings. The first-order valence-corrected chi connectivity index (χ1v) is 29.4. The molecule has 0 bridgehead atoms. The summed E-state index contributed by atoms with van der Waals surface area (Å²) in [6.45, 7) is 6.44. The smallest absolute Gasteiger partial charge is 0.306 e. The quantitative estimate of drug-likeness (QED) is 0.0261. The zero-order valence-corrected chi connectivity index (χ0v) is 46.2. The number of unbranched alkanes of at least 4 members (excludes halogenated alkanes) is 23. The Morgan fingerprint density at radius 2 is 0.563 bits per heavy atom. The van der Waals surface area contributed by atoms with Crippen molar-refractivity contribution in [3.63, 3.8) is 0 Å². The van der Waals surface area contributed by atoms with Crippen LogP contribution in [0.15, 0.2) is 109 Å². The number of esters is 3. The van der Waals surface area contributed by atoms with Crippen molar-refractivity contribution in [3.05, 3.63) is 109 Å². The number of allylic oxidation sites excluding steroid dienone is 18. The summed E-state index contributed by atoms with van der Waals surface area (Å²) >= 11 is 0. The largest absolute Gasteiger partial charge is 0.462 e. The Hall–Kier alpha value is -3.93. The third-order valence-corrected chi connectivity index (χ3v) is 12.3. The number of ether oxygens (including phenoxy) is 3. The third kappa shape index (κ3) is 56.9. The lowest BCUT2D eigenvalue weighted by atomic mass is 10.0. The number of rotatable bonds is 52. The molecule has 0 aliphatic rings. The minimum absolute atomic E-state index is 0.110. The second-order valence-electron chi connectivity index (χ2n) is 19.2. The second kappa shape index (κ2) is 58.6. The summed E-state index contributed by atoms with van der Waals surface area (Å²) in [4.78, 5) is 38.2. The van der Waals surface area contributed by atoms with E-state index in [0.717, 1.165) is 103 Å². The minimum atomic E-state index is -0.821. The van der Waals surface area contributed by atoms with Crippen molar-refractivity contribution in [2.75, 3.05) is 13.2 Å². The monoisotopic (exact) mass is 985 g/mol. The molecule has 0 amide bonds. The molecule has 1 atom stereocenters. The van der Waals surface area contributed by atoms with Gasteiger partial charge in [-0.15, -0.1) is 0 Å². The molecule has 0 saturated carbocycles. The number of carbonyl (C=O) groups is 3. The van der Waals surface area contributed by atoms with Crippen molar-refractivity contribution < 1.29 is 28.6 Å². The van der Waals surface area contributed by atoms with E-state index in [2.05, 4.69) is 130 Å². The summed E-state index contributed by atoms with van der Waals surface area (Å²) in [7, 11) is 0. The Labute approximate surface area is 438 Å². The lowest BCUT2D eigenvalue weighted by Gasteiger charge is -2.18. The van der Waals surface area contributed by atoms with Crippen molar-refractivity contribution in [3.8, 4) is 0 Å². The summed E-state index contributed by atoms with van der Waals surface area (Å²) in [5.74, 6) is -0.996. The fourth-order valence-corrected chi connectivity index (χ4v) is 7.87. The van der Waals surface area contributed by atoms with Crippen LogP contribution in [0.3, 0.4) is 0 Å². The van der Waals surface area contributed by atoms with Gasteiger partial charge in [-0.05, 0) is 103 Å². The average Bonchev–Trinajstić information content (AvgIpc) is 3.37. The van der Waals surface area contributed by atoms with Gasteiger partial charge in [0.05, 0.1) is 0 Å². The molecule has 0 spiro atoms. The molecule has 6 nitrogen and oxygen atoms in total. The van der Waals surface area contributed by atoms with Gasteiger partial charge in [-0.25, -0.2) is 0 Å². The van der Waals surface area contributed by atoms with Gasteiger partial charge >= 0.3 is 17.9 Å². The fraction of sp³-hybridized carbons (Fsp3) is 0.677. The normalized spacial score (nSPS) is 12.9. The number of carbonyl (C=O) groups excluding carboxylic acids is 3. The van der Waals surface area contributed by atoms with Crippen LogP contribution in [-0.2, 0) is 28.6 Å². The first-order valence-electron chi connectivity index (χ1n) is 29.4. The van der Waals surface area contributed by atoms with E-state index in [1.807, 2.05) is 0 Å². The molecule has 0 heterocycles. The lowest BCUT2D eigenvalue weighted by molar-refractivity contribution is -0.167. The van der Waals surface area contributed by atoms with Crippen LogP contribution >= 0.6 is 0 Å². The van der Waals surface area contributed by atoms with Crippen LogP contribution in [0.2, 0.25) is 0 Å². The molecule has 0 aromatic carbocycles. The molecule has 6 heteroatoms. The average molecular weight is 986 g/mol. The molecule has 0 saturated heterocycles. The van der Waals surface area contributed by atoms with Crippen molar-refractivity contribution in [1.82, 2.24) is 0 Å². The van der Waals surface area contributed by atoms with Crippen LogP contribution < -0.4 is 0 Å². The van der Waals surface area contributed by atoms with E-state index < -0.39 is 6.10 Å². The van der Waals surface area contributed by atoms with Crippen molar-refractivity contribution >= 4 is 17.9 Å². The van der Waals surface area contributed by atoms with Crippen LogP contribution in [-0.4, -0.2) is 37.2 Å². The Kier molecular flexibility index (Phi) is 55.4. The topological polar surface area (TPSA) is 78.9 Å². The summed E-state index contributed by atoms with van der Waals surface area (Å²) in [6, 6.07) is 0. The van der Waals surface area contributed by atoms with Crippen molar-refractivity contribution in [2.24, 2.45) is 0 Å². The van der Waals surface area contributed by atoms with Gasteiger partial charge in [0.1, 0.15) is 13.2 Å². The third-order valence-electron chi connectivity index (χ3n) is 12.3. The molecule has 0 N–H and O–H groups in total. The van der Waals surface area contributed by atoms with E-state index in [4.69, 9.17) is 14.2 Å². The van der Waals surface area contributed by atoms with Crippen molar-refractivity contribution in [1.29, 1.82) is 0 Å². The highest BCUT2D eigenvalue weighted by atomic mass is 16.6. The van der Waals surface area contributed by atoms with Crippen molar-refractivity contribution in [2.45, 2.75) is 271 Å². The Bertz CT molecular complexity index is 1460. The zero-order chi connectivity index (χ0) is 51.4. The molecule has 0 aromatic heterocycles. The van der Waals surface area contributed by atoms with Crippen LogP contribution in [0.4, 0.5) is 0 Å². The molecular weight excluding hydrogens is 877 g/mol. The van der Waals surface area contributed by atoms with E-state index in [1.165, 1.54) is 116 Å². The van der Waals surface area contributed by atoms with Gasteiger partial charge in [0.25, 0.3) is 0 Å². The predicted molar refractivity (Wildman–Crippen MR) is 307 cm³/mol. The van der Waals surface area contributed by atoms with Gasteiger partial charge in [-0.1, -0.05) is 252 Å². The highest BCUT2D eigenvalue weighted by molar-refractivity contribution is 5.71. The van der Waals surface area contributed by atoms with Crippen LogP contribution in [0.1, 0.15) is 265 Å². The van der Waals surface area contributed by atoms with E-state index in [-0.39, 0.29) is 37.5 Å². The standard InChI is InChI=1S/C65H108O6/c1-4-7-10-13-16-19-22-25-28-31-32-35-37-40-43-46-49-52-55-58-64(67)70-61-62(71-65(68)59-56-53-50-47-44-41-38-34-30-27-24-21-18-15-12-9-6-3)60-69-63(66)57-54-51-48-45-42-39-36-33-29-26-23-20-17-14-11-8-5-2/h7,10,16,18-19,21,25,27-28,30,32,35,38,40-41,43,47,50,62H,4-6,8-9,11-15,17,20,22-24,26,29,31,33-34,36-37,39,42,44-46,48-49,51-61H2,1-3H3/b10-7+,19-16+,21-18+,28-25+,30-27+,35-32+,41-38+,43-40+,50-47+/t62-/m1/s1. The maximum Gasteiger partial charge on any atom is 0.306 e. The SMILES string of the molecule is CC/C=C/C/C=C/C/C=C/C/C=C/C/C=C/CCCCCC(=O)OC[C@@H](COC(=O)CCCCCCCCCCCCCCCCCCC)OC(=O)CCC/C=C/C/C=C/C/C=C/C/C=C/CCCCC. The van der Waals surface area contributed by atoms with E-state index >= 15 is 0 Å². The molecule has 0 rings (SSSR count). The minimum Gasteiger partial charge on any atom is -0.462 e. The molecule has 0 aliphatic carbocycles. The highest BCUT2D eigenvalue weighted by Gasteiger charge is 2.19. The van der Waals surface area contributed by atoms with Gasteiger partial charge in [-0.3, -0.25) is 14.4 Å². The maximum absolute atomic E-state index is 12.8. The molecule has 404 valence electrons. The van der Waals surface area contributed by atoms with E-state index in [9.17, 15) is 14.4 Å². The fourth-order valence-electron chi connectivity index (χ4n) is 7.87. The zero-order valence-electron chi connectivity index (χ0n) is 46.2. The van der Waals surface area contributed by atoms with E-state index in [1.54, 1.807) is 0 Å². The molecule has 0 aliphatic heterocycles. The second-order valence-corrected chi connectivity index (χ2v) is 19.2. The van der Waals surface area contributed by atoms with Crippen LogP contribution in [0.25, 0.3) is 0 Å².